The molecule has 1 aliphatic rings. The quantitative estimate of drug-likeness (QED) is 0.545. The van der Waals surface area contributed by atoms with E-state index in [2.05, 4.69) is 15.0 Å². The summed E-state index contributed by atoms with van der Waals surface area (Å²) in [6, 6.07) is 15.7. The number of carbonyl (C=O) groups is 1. The minimum absolute atomic E-state index is 0.0421. The van der Waals surface area contributed by atoms with Crippen molar-refractivity contribution in [2.24, 2.45) is 4.99 Å². The average molecular weight is 472 g/mol. The third kappa shape index (κ3) is 5.23. The summed E-state index contributed by atoms with van der Waals surface area (Å²) < 4.78 is 42.1. The Hall–Kier alpha value is -3.04. The van der Waals surface area contributed by atoms with Gasteiger partial charge in [-0.05, 0) is 49.2 Å². The lowest BCUT2D eigenvalue weighted by molar-refractivity contribution is 0.103. The average Bonchev–Trinajstić information content (AvgIpc) is 3.13. The van der Waals surface area contributed by atoms with Gasteiger partial charge in [0.1, 0.15) is 11.7 Å². The second kappa shape index (κ2) is 9.62. The van der Waals surface area contributed by atoms with Crippen molar-refractivity contribution in [1.29, 1.82) is 0 Å². The van der Waals surface area contributed by atoms with Gasteiger partial charge in [0.05, 0.1) is 9.77 Å². The predicted molar refractivity (Wildman–Crippen MR) is 125 cm³/mol. The number of aliphatic imine (C=N–C) groups is 1. The second-order valence-corrected chi connectivity index (χ2v) is 10.1. The molecule has 0 spiro atoms. The minimum atomic E-state index is -3.81. The van der Waals surface area contributed by atoms with Gasteiger partial charge in [-0.15, -0.1) is 11.3 Å². The van der Waals surface area contributed by atoms with E-state index in [-0.39, 0.29) is 10.7 Å². The van der Waals surface area contributed by atoms with Crippen molar-refractivity contribution in [3.63, 3.8) is 0 Å². The van der Waals surface area contributed by atoms with Gasteiger partial charge < -0.3 is 5.32 Å². The van der Waals surface area contributed by atoms with Crippen LogP contribution in [0, 0.1) is 5.82 Å². The number of amides is 1. The van der Waals surface area contributed by atoms with Gasteiger partial charge in [-0.3, -0.25) is 14.5 Å². The van der Waals surface area contributed by atoms with Crippen LogP contribution in [0.1, 0.15) is 35.4 Å². The minimum Gasteiger partial charge on any atom is -0.321 e. The maximum Gasteiger partial charge on any atom is 0.265 e. The van der Waals surface area contributed by atoms with E-state index in [4.69, 9.17) is 0 Å². The molecule has 6 nitrogen and oxygen atoms in total. The monoisotopic (exact) mass is 471 g/mol. The summed E-state index contributed by atoms with van der Waals surface area (Å²) in [6.45, 7) is 0.615. The number of thiophene rings is 1. The van der Waals surface area contributed by atoms with Gasteiger partial charge in [0.25, 0.3) is 15.9 Å². The Morgan fingerprint density at radius 3 is 2.69 bits per heavy atom. The molecule has 0 radical (unpaired) electrons. The Morgan fingerprint density at radius 2 is 1.84 bits per heavy atom. The molecule has 0 aliphatic carbocycles. The second-order valence-electron chi connectivity index (χ2n) is 7.37. The highest BCUT2D eigenvalue weighted by Gasteiger charge is 2.19. The molecule has 4 rings (SSSR count). The molecule has 2 aromatic carbocycles. The van der Waals surface area contributed by atoms with Crippen LogP contribution in [0.25, 0.3) is 10.4 Å². The van der Waals surface area contributed by atoms with Crippen molar-refractivity contribution in [1.82, 2.24) is 4.72 Å². The number of sulfonamides is 1. The van der Waals surface area contributed by atoms with E-state index < -0.39 is 15.9 Å². The van der Waals surface area contributed by atoms with Gasteiger partial charge in [0.2, 0.25) is 0 Å². The van der Waals surface area contributed by atoms with Gasteiger partial charge in [-0.1, -0.05) is 30.7 Å². The topological polar surface area (TPSA) is 87.6 Å². The van der Waals surface area contributed by atoms with Gasteiger partial charge in [-0.25, -0.2) is 12.8 Å². The van der Waals surface area contributed by atoms with E-state index in [1.54, 1.807) is 42.5 Å². The molecule has 1 aromatic heterocycles. The molecule has 1 amide bonds. The predicted octanol–water partition coefficient (Wildman–Crippen LogP) is 5.06. The highest BCUT2D eigenvalue weighted by Crippen LogP contribution is 2.30. The van der Waals surface area contributed by atoms with Crippen molar-refractivity contribution < 1.29 is 17.6 Å². The summed E-state index contributed by atoms with van der Waals surface area (Å²) in [5, 5.41) is 2.72. The van der Waals surface area contributed by atoms with Crippen molar-refractivity contribution in [3.8, 4) is 10.4 Å². The summed E-state index contributed by atoms with van der Waals surface area (Å²) in [6.07, 6.45) is 3.47. The van der Waals surface area contributed by atoms with Crippen LogP contribution in [-0.4, -0.2) is 26.7 Å². The molecule has 0 atom stereocenters. The number of rotatable bonds is 5. The summed E-state index contributed by atoms with van der Waals surface area (Å²) in [5.41, 5.74) is 0.777. The maximum atomic E-state index is 14.0. The molecule has 1 aliphatic heterocycles. The Kier molecular flexibility index (Phi) is 6.66. The number of benzene rings is 2. The van der Waals surface area contributed by atoms with Crippen molar-refractivity contribution in [2.45, 2.75) is 30.6 Å². The zero-order chi connectivity index (χ0) is 22.6. The first kappa shape index (κ1) is 22.2. The van der Waals surface area contributed by atoms with Crippen LogP contribution in [0.4, 0.5) is 10.1 Å². The molecule has 0 saturated carbocycles. The number of nitrogens with one attached hydrogen (secondary N) is 2. The first-order valence-corrected chi connectivity index (χ1v) is 12.5. The lowest BCUT2D eigenvalue weighted by Crippen LogP contribution is -2.30. The van der Waals surface area contributed by atoms with E-state index in [1.165, 1.54) is 18.2 Å². The maximum absolute atomic E-state index is 14.0. The summed E-state index contributed by atoms with van der Waals surface area (Å²) in [7, 11) is -3.81. The summed E-state index contributed by atoms with van der Waals surface area (Å²) in [4.78, 5) is 18.1. The zero-order valence-electron chi connectivity index (χ0n) is 17.2. The molecule has 166 valence electrons. The molecule has 32 heavy (non-hydrogen) atoms. The van der Waals surface area contributed by atoms with Crippen molar-refractivity contribution >= 4 is 38.8 Å². The third-order valence-electron chi connectivity index (χ3n) is 5.00. The Bertz CT molecular complexity index is 1270. The van der Waals surface area contributed by atoms with Gasteiger partial charge in [-0.2, -0.15) is 0 Å². The fraction of sp³-hybridized carbons (Fsp3) is 0.217. The van der Waals surface area contributed by atoms with Gasteiger partial charge >= 0.3 is 0 Å². The molecule has 0 saturated heterocycles. The molecule has 3 aromatic rings. The Labute approximate surface area is 190 Å². The number of amidine groups is 1. The van der Waals surface area contributed by atoms with Crippen LogP contribution in [0.2, 0.25) is 0 Å². The van der Waals surface area contributed by atoms with E-state index >= 15 is 0 Å². The molecule has 0 unspecified atom stereocenters. The van der Waals surface area contributed by atoms with Crippen molar-refractivity contribution in [3.05, 3.63) is 71.4 Å². The smallest absolute Gasteiger partial charge is 0.265 e. The highest BCUT2D eigenvalue weighted by molar-refractivity contribution is 7.90. The molecule has 2 N–H and O–H groups in total. The standard InChI is InChI=1S/C23H22FN3O3S2/c24-19-10-4-3-9-18(19)20-12-13-21(31-20)23(28)26-16-7-6-8-17(15-16)32(29,30)27-22-11-2-1-5-14-25-22/h3-4,6-10,12-13,15H,1-2,5,11,14H2,(H,25,27)(H,26,28). The summed E-state index contributed by atoms with van der Waals surface area (Å²) in [5.74, 6) is -0.283. The van der Waals surface area contributed by atoms with Crippen LogP contribution < -0.4 is 10.0 Å². The number of hydrogen-bond donors (Lipinski definition) is 2. The SMILES string of the molecule is O=C(Nc1cccc(S(=O)(=O)NC2=NCCCCC2)c1)c1ccc(-c2ccccc2F)s1. The van der Waals surface area contributed by atoms with Crippen LogP contribution >= 0.6 is 11.3 Å². The number of carbonyl (C=O) groups excluding carboxylic acids is 1. The lowest BCUT2D eigenvalue weighted by atomic mass is 10.2. The normalized spacial score (nSPS) is 14.3. The number of nitrogens with zero attached hydrogens (tertiary/aromatic N) is 1. The number of anilines is 1. The molecule has 9 heteroatoms. The van der Waals surface area contributed by atoms with Crippen LogP contribution in [0.15, 0.2) is 70.6 Å². The third-order valence-corrected chi connectivity index (χ3v) is 7.49. The highest BCUT2D eigenvalue weighted by atomic mass is 32.2. The summed E-state index contributed by atoms with van der Waals surface area (Å²) >= 11 is 1.16. The fourth-order valence-corrected chi connectivity index (χ4v) is 5.43. The molecule has 0 bridgehead atoms. The van der Waals surface area contributed by atoms with E-state index in [1.807, 2.05) is 0 Å². The lowest BCUT2D eigenvalue weighted by Gasteiger charge is -2.11. The molecular formula is C23H22FN3O3S2. The van der Waals surface area contributed by atoms with Crippen LogP contribution in [0.5, 0.6) is 0 Å². The van der Waals surface area contributed by atoms with Gasteiger partial charge in [0, 0.05) is 29.1 Å². The van der Waals surface area contributed by atoms with Crippen molar-refractivity contribution in [2.75, 3.05) is 11.9 Å². The molecule has 0 fully saturated rings. The molecular weight excluding hydrogens is 449 g/mol. The largest absolute Gasteiger partial charge is 0.321 e. The Morgan fingerprint density at radius 1 is 1.00 bits per heavy atom. The van der Waals surface area contributed by atoms with Gasteiger partial charge in [0.15, 0.2) is 0 Å². The van der Waals surface area contributed by atoms with E-state index in [9.17, 15) is 17.6 Å². The molecule has 2 heterocycles. The number of hydrogen-bond acceptors (Lipinski definition) is 5. The number of halogens is 1. The van der Waals surface area contributed by atoms with Crippen LogP contribution in [-0.2, 0) is 10.0 Å². The van der Waals surface area contributed by atoms with Crippen LogP contribution in [0.3, 0.4) is 0 Å². The first-order chi connectivity index (χ1) is 15.4. The zero-order valence-corrected chi connectivity index (χ0v) is 18.8. The first-order valence-electron chi connectivity index (χ1n) is 10.2. The fourth-order valence-electron chi connectivity index (χ4n) is 3.37. The Balaban J connectivity index is 1.49. The van der Waals surface area contributed by atoms with E-state index in [0.717, 1.165) is 30.6 Å². The van der Waals surface area contributed by atoms with E-state index in [0.29, 0.717) is 39.8 Å².